The van der Waals surface area contributed by atoms with Crippen molar-refractivity contribution in [2.75, 3.05) is 7.11 Å². The van der Waals surface area contributed by atoms with Crippen LogP contribution < -0.4 is 10.5 Å². The van der Waals surface area contributed by atoms with Gasteiger partial charge in [0.15, 0.2) is 11.6 Å². The molecule has 0 saturated heterocycles. The average molecular weight is 215 g/mol. The maximum absolute atomic E-state index is 13.5. The Morgan fingerprint density at radius 2 is 2.20 bits per heavy atom. The molecule has 82 valence electrons. The highest BCUT2D eigenvalue weighted by atomic mass is 19.1. The van der Waals surface area contributed by atoms with E-state index in [-0.39, 0.29) is 5.75 Å². The van der Waals surface area contributed by atoms with Crippen molar-refractivity contribution in [2.24, 2.45) is 5.73 Å². The Labute approximate surface area is 84.9 Å². The molecule has 15 heavy (non-hydrogen) atoms. The van der Waals surface area contributed by atoms with Gasteiger partial charge in [-0.3, -0.25) is 4.79 Å². The van der Waals surface area contributed by atoms with Gasteiger partial charge in [0.1, 0.15) is 11.8 Å². The Morgan fingerprint density at radius 1 is 1.60 bits per heavy atom. The molecule has 0 saturated carbocycles. The number of phenolic OH excluding ortho intramolecular Hbond substituents is 1. The molecule has 0 aliphatic carbocycles. The molecule has 1 rings (SSSR count). The van der Waals surface area contributed by atoms with Gasteiger partial charge in [0.05, 0.1) is 12.7 Å². The summed E-state index contributed by atoms with van der Waals surface area (Å²) in [5, 5.41) is 17.9. The van der Waals surface area contributed by atoms with Crippen LogP contribution in [0.15, 0.2) is 12.1 Å². The summed E-state index contributed by atoms with van der Waals surface area (Å²) in [5.41, 5.74) is 4.72. The number of rotatable bonds is 3. The van der Waals surface area contributed by atoms with Crippen LogP contribution in [0.3, 0.4) is 0 Å². The molecule has 5 nitrogen and oxygen atoms in total. The van der Waals surface area contributed by atoms with Crippen LogP contribution in [-0.2, 0) is 4.79 Å². The lowest BCUT2D eigenvalue weighted by molar-refractivity contribution is -0.138. The standard InChI is InChI=1S/C9H10FNO4/c1-15-5-3-2-4(12)6(7(5)10)8(11)9(13)14/h2-3,8,12H,11H2,1H3,(H,13,14). The molecule has 0 aliphatic rings. The minimum absolute atomic E-state index is 0.167. The van der Waals surface area contributed by atoms with E-state index >= 15 is 0 Å². The monoisotopic (exact) mass is 215 g/mol. The van der Waals surface area contributed by atoms with Gasteiger partial charge in [0.2, 0.25) is 0 Å². The van der Waals surface area contributed by atoms with Gasteiger partial charge in [0.25, 0.3) is 0 Å². The second-order valence-electron chi connectivity index (χ2n) is 2.83. The van der Waals surface area contributed by atoms with Crippen LogP contribution in [0.4, 0.5) is 4.39 Å². The first kappa shape index (κ1) is 11.3. The fraction of sp³-hybridized carbons (Fsp3) is 0.222. The fourth-order valence-corrected chi connectivity index (χ4v) is 1.14. The maximum atomic E-state index is 13.5. The number of phenols is 1. The van der Waals surface area contributed by atoms with Crippen molar-refractivity contribution in [1.82, 2.24) is 0 Å². The molecule has 1 unspecified atom stereocenters. The van der Waals surface area contributed by atoms with E-state index in [0.29, 0.717) is 0 Å². The van der Waals surface area contributed by atoms with E-state index in [1.165, 1.54) is 13.2 Å². The topological polar surface area (TPSA) is 92.8 Å². The van der Waals surface area contributed by atoms with Crippen LogP contribution in [0.1, 0.15) is 11.6 Å². The van der Waals surface area contributed by atoms with E-state index in [2.05, 4.69) is 4.74 Å². The number of ether oxygens (including phenoxy) is 1. The highest BCUT2D eigenvalue weighted by molar-refractivity contribution is 5.76. The van der Waals surface area contributed by atoms with E-state index in [1.54, 1.807) is 0 Å². The van der Waals surface area contributed by atoms with Crippen LogP contribution >= 0.6 is 0 Å². The molecule has 0 fully saturated rings. The number of aromatic hydroxyl groups is 1. The molecule has 1 atom stereocenters. The zero-order valence-corrected chi connectivity index (χ0v) is 7.90. The Balaban J connectivity index is 3.32. The molecule has 0 heterocycles. The zero-order valence-electron chi connectivity index (χ0n) is 7.90. The van der Waals surface area contributed by atoms with Gasteiger partial charge >= 0.3 is 5.97 Å². The molecule has 0 aliphatic heterocycles. The lowest BCUT2D eigenvalue weighted by Crippen LogP contribution is -2.22. The smallest absolute Gasteiger partial charge is 0.325 e. The third kappa shape index (κ3) is 1.99. The first-order valence-electron chi connectivity index (χ1n) is 4.02. The summed E-state index contributed by atoms with van der Waals surface area (Å²) in [6.45, 7) is 0. The number of halogens is 1. The normalized spacial score (nSPS) is 12.2. The number of hydrogen-bond donors (Lipinski definition) is 3. The first-order chi connectivity index (χ1) is 6.99. The second kappa shape index (κ2) is 4.14. The number of carboxylic acid groups (broad SMARTS) is 1. The van der Waals surface area contributed by atoms with E-state index in [9.17, 15) is 14.3 Å². The SMILES string of the molecule is COc1ccc(O)c(C(N)C(=O)O)c1F. The molecule has 0 spiro atoms. The van der Waals surface area contributed by atoms with Gasteiger partial charge in [-0.1, -0.05) is 0 Å². The van der Waals surface area contributed by atoms with E-state index in [0.717, 1.165) is 6.07 Å². The van der Waals surface area contributed by atoms with Crippen LogP contribution in [0, 0.1) is 5.82 Å². The highest BCUT2D eigenvalue weighted by Crippen LogP contribution is 2.31. The van der Waals surface area contributed by atoms with Gasteiger partial charge in [-0.25, -0.2) is 4.39 Å². The number of methoxy groups -OCH3 is 1. The molecule has 4 N–H and O–H groups in total. The average Bonchev–Trinajstić information content (AvgIpc) is 2.17. The third-order valence-electron chi connectivity index (χ3n) is 1.92. The van der Waals surface area contributed by atoms with Gasteiger partial charge < -0.3 is 20.7 Å². The zero-order chi connectivity index (χ0) is 11.6. The number of aliphatic carboxylic acids is 1. The quantitative estimate of drug-likeness (QED) is 0.687. The van der Waals surface area contributed by atoms with E-state index in [4.69, 9.17) is 10.8 Å². The van der Waals surface area contributed by atoms with Crippen LogP contribution in [0.5, 0.6) is 11.5 Å². The number of benzene rings is 1. The van der Waals surface area contributed by atoms with Crippen molar-refractivity contribution in [2.45, 2.75) is 6.04 Å². The van der Waals surface area contributed by atoms with Crippen molar-refractivity contribution >= 4 is 5.97 Å². The summed E-state index contributed by atoms with van der Waals surface area (Å²) in [6.07, 6.45) is 0. The number of carbonyl (C=O) groups is 1. The summed E-state index contributed by atoms with van der Waals surface area (Å²) >= 11 is 0. The molecule has 1 aromatic rings. The molecule has 0 aromatic heterocycles. The molecule has 0 bridgehead atoms. The van der Waals surface area contributed by atoms with Gasteiger partial charge in [0, 0.05) is 0 Å². The number of nitrogens with two attached hydrogens (primary N) is 1. The summed E-state index contributed by atoms with van der Waals surface area (Å²) in [5.74, 6) is -3.08. The minimum Gasteiger partial charge on any atom is -0.507 e. The minimum atomic E-state index is -1.62. The second-order valence-corrected chi connectivity index (χ2v) is 2.83. The molecule has 1 aromatic carbocycles. The largest absolute Gasteiger partial charge is 0.507 e. The van der Waals surface area contributed by atoms with Crippen molar-refractivity contribution < 1.29 is 24.1 Å². The van der Waals surface area contributed by atoms with Gasteiger partial charge in [-0.15, -0.1) is 0 Å². The summed E-state index contributed by atoms with van der Waals surface area (Å²) < 4.78 is 18.2. The predicted molar refractivity (Wildman–Crippen MR) is 49.2 cm³/mol. The Hall–Kier alpha value is -1.82. The van der Waals surface area contributed by atoms with Crippen LogP contribution in [-0.4, -0.2) is 23.3 Å². The lowest BCUT2D eigenvalue weighted by atomic mass is 10.1. The van der Waals surface area contributed by atoms with Gasteiger partial charge in [-0.2, -0.15) is 0 Å². The number of carboxylic acids is 1. The summed E-state index contributed by atoms with van der Waals surface area (Å²) in [7, 11) is 1.23. The van der Waals surface area contributed by atoms with E-state index < -0.39 is 29.1 Å². The Morgan fingerprint density at radius 3 is 2.67 bits per heavy atom. The van der Waals surface area contributed by atoms with Crippen molar-refractivity contribution in [3.05, 3.63) is 23.5 Å². The van der Waals surface area contributed by atoms with Crippen molar-refractivity contribution in [3.8, 4) is 11.5 Å². The van der Waals surface area contributed by atoms with Crippen LogP contribution in [0.25, 0.3) is 0 Å². The summed E-state index contributed by atoms with van der Waals surface area (Å²) in [4.78, 5) is 10.6. The molecule has 0 radical (unpaired) electrons. The predicted octanol–water partition coefficient (Wildman–Crippen LogP) is 0.624. The highest BCUT2D eigenvalue weighted by Gasteiger charge is 2.24. The fourth-order valence-electron chi connectivity index (χ4n) is 1.14. The third-order valence-corrected chi connectivity index (χ3v) is 1.92. The molecule has 6 heteroatoms. The van der Waals surface area contributed by atoms with Crippen molar-refractivity contribution in [3.63, 3.8) is 0 Å². The van der Waals surface area contributed by atoms with Crippen molar-refractivity contribution in [1.29, 1.82) is 0 Å². The van der Waals surface area contributed by atoms with Gasteiger partial charge in [-0.05, 0) is 12.1 Å². The number of hydrogen-bond acceptors (Lipinski definition) is 4. The summed E-state index contributed by atoms with van der Waals surface area (Å²) in [6, 6.07) is 0.683. The molecule has 0 amide bonds. The Bertz CT molecular complexity index is 394. The van der Waals surface area contributed by atoms with Crippen LogP contribution in [0.2, 0.25) is 0 Å². The Kier molecular flexibility index (Phi) is 3.11. The first-order valence-corrected chi connectivity index (χ1v) is 4.02. The molecular formula is C9H10FNO4. The maximum Gasteiger partial charge on any atom is 0.325 e. The van der Waals surface area contributed by atoms with E-state index in [1.807, 2.05) is 0 Å². The molecular weight excluding hydrogens is 205 g/mol. The lowest BCUT2D eigenvalue weighted by Gasteiger charge is -2.12.